The van der Waals surface area contributed by atoms with E-state index in [2.05, 4.69) is 37.2 Å². The maximum atomic E-state index is 13.7. The zero-order valence-electron chi connectivity index (χ0n) is 25.4. The summed E-state index contributed by atoms with van der Waals surface area (Å²) in [6, 6.07) is 0. The Labute approximate surface area is 287 Å². The molecule has 0 radical (unpaired) electrons. The SMILES string of the molecule is Nc1nc(CO)nc2c1ncn2[C@@H]1O[C@@H]2COP(O)(=S)O[C@H]3[C@@H](O)[C@H](n4cc5c6c(ncnc64)CCCC5)O[C@@H]3COP(=O)(S)O[C@@H]1[C@@H]2O. The van der Waals surface area contributed by atoms with Crippen LogP contribution in [-0.4, -0.2) is 104 Å². The molecule has 4 aliphatic rings. The van der Waals surface area contributed by atoms with Gasteiger partial charge in [-0.15, -0.1) is 0 Å². The van der Waals surface area contributed by atoms with Crippen molar-refractivity contribution < 1.29 is 52.3 Å². The molecule has 2 bridgehead atoms. The van der Waals surface area contributed by atoms with Crippen molar-refractivity contribution >= 4 is 65.6 Å². The number of fused-ring (bicyclic) bond motifs is 4. The van der Waals surface area contributed by atoms with Crippen LogP contribution in [0.5, 0.6) is 0 Å². The third-order valence-corrected chi connectivity index (χ3v) is 12.2. The van der Waals surface area contributed by atoms with Crippen molar-refractivity contribution in [3.8, 4) is 0 Å². The molecule has 3 aliphatic heterocycles. The lowest BCUT2D eigenvalue weighted by Crippen LogP contribution is -2.36. The summed E-state index contributed by atoms with van der Waals surface area (Å²) in [5, 5.41) is 33.4. The first-order valence-corrected chi connectivity index (χ1v) is 20.6. The van der Waals surface area contributed by atoms with Crippen molar-refractivity contribution in [1.82, 2.24) is 34.1 Å². The molecule has 3 saturated heterocycles. The van der Waals surface area contributed by atoms with Gasteiger partial charge in [-0.1, -0.05) is 12.2 Å². The molecule has 19 nitrogen and oxygen atoms in total. The van der Waals surface area contributed by atoms with Gasteiger partial charge < -0.3 is 44.5 Å². The average Bonchev–Trinajstić information content (AvgIpc) is 3.77. The second kappa shape index (κ2) is 12.8. The maximum absolute atomic E-state index is 13.7. The molecule has 264 valence electrons. The van der Waals surface area contributed by atoms with E-state index < -0.39 is 82.4 Å². The van der Waals surface area contributed by atoms with Crippen molar-refractivity contribution in [2.24, 2.45) is 0 Å². The number of aliphatic hydroxyl groups is 3. The predicted molar refractivity (Wildman–Crippen MR) is 174 cm³/mol. The Bertz CT molecular complexity index is 2020. The van der Waals surface area contributed by atoms with Crippen molar-refractivity contribution in [2.75, 3.05) is 18.9 Å². The summed E-state index contributed by atoms with van der Waals surface area (Å²) in [5.74, 6) is -0.0167. The second-order valence-corrected chi connectivity index (χ2v) is 17.7. The lowest BCUT2D eigenvalue weighted by Gasteiger charge is -2.27. The summed E-state index contributed by atoms with van der Waals surface area (Å²) in [4.78, 5) is 32.6. The van der Waals surface area contributed by atoms with Crippen molar-refractivity contribution in [1.29, 1.82) is 0 Å². The first-order chi connectivity index (χ1) is 23.4. The summed E-state index contributed by atoms with van der Waals surface area (Å²) in [6.07, 6.45) is -2.23. The summed E-state index contributed by atoms with van der Waals surface area (Å²) in [7, 11) is 0. The fourth-order valence-corrected chi connectivity index (χ4v) is 9.67. The minimum Gasteiger partial charge on any atom is -0.388 e. The lowest BCUT2D eigenvalue weighted by molar-refractivity contribution is -0.0587. The monoisotopic (exact) mass is 758 g/mol. The van der Waals surface area contributed by atoms with E-state index in [0.717, 1.165) is 42.3 Å². The number of thiol groups is 1. The van der Waals surface area contributed by atoms with Crippen LogP contribution in [-0.2, 0) is 63.4 Å². The first kappa shape index (κ1) is 33.9. The lowest BCUT2D eigenvalue weighted by atomic mass is 10.1. The van der Waals surface area contributed by atoms with E-state index >= 15 is 0 Å². The molecular weight excluding hydrogens is 726 g/mol. The number of rotatable bonds is 3. The smallest absolute Gasteiger partial charge is 0.386 e. The number of ether oxygens (including phenoxy) is 2. The molecule has 49 heavy (non-hydrogen) atoms. The number of aliphatic hydroxyl groups excluding tert-OH is 3. The van der Waals surface area contributed by atoms with Crippen LogP contribution >= 0.6 is 25.8 Å². The third kappa shape index (κ3) is 6.12. The molecule has 1 aliphatic carbocycles. The normalized spacial score (nSPS) is 37.0. The number of hydrogen-bond acceptors (Lipinski definition) is 17. The summed E-state index contributed by atoms with van der Waals surface area (Å²) < 4.78 is 52.0. The second-order valence-electron chi connectivity index (χ2n) is 12.1. The highest BCUT2D eigenvalue weighted by atomic mass is 32.7. The predicted octanol–water partition coefficient (Wildman–Crippen LogP) is 0.813. The van der Waals surface area contributed by atoms with E-state index in [9.17, 15) is 24.8 Å². The first-order valence-electron chi connectivity index (χ1n) is 15.3. The van der Waals surface area contributed by atoms with Gasteiger partial charge in [0.15, 0.2) is 29.7 Å². The van der Waals surface area contributed by atoms with Crippen LogP contribution in [0, 0.1) is 0 Å². The highest BCUT2D eigenvalue weighted by Crippen LogP contribution is 2.58. The van der Waals surface area contributed by atoms with Crippen molar-refractivity contribution in [3.05, 3.63) is 35.9 Å². The van der Waals surface area contributed by atoms with Crippen LogP contribution in [0.3, 0.4) is 0 Å². The fourth-order valence-electron chi connectivity index (χ4n) is 6.76. The topological polar surface area (TPSA) is 254 Å². The quantitative estimate of drug-likeness (QED) is 0.125. The van der Waals surface area contributed by atoms with E-state index in [1.54, 1.807) is 4.57 Å². The maximum Gasteiger partial charge on any atom is 0.386 e. The molecule has 7 heterocycles. The Morgan fingerprint density at radius 2 is 1.73 bits per heavy atom. The van der Waals surface area contributed by atoms with Gasteiger partial charge >= 0.3 is 13.5 Å². The largest absolute Gasteiger partial charge is 0.388 e. The van der Waals surface area contributed by atoms with Crippen molar-refractivity contribution in [2.45, 2.75) is 81.4 Å². The number of imidazole rings is 1. The van der Waals surface area contributed by atoms with Crippen molar-refractivity contribution in [3.63, 3.8) is 0 Å². The number of nitrogens with zero attached hydrogens (tertiary/aromatic N) is 7. The van der Waals surface area contributed by atoms with Crippen LogP contribution in [0.1, 0.15) is 42.4 Å². The number of hydrogen-bond donors (Lipinski definition) is 6. The van der Waals surface area contributed by atoms with Gasteiger partial charge in [-0.25, -0.2) is 29.5 Å². The zero-order valence-corrected chi connectivity index (χ0v) is 28.9. The molecule has 0 amide bonds. The van der Waals surface area contributed by atoms with Crippen LogP contribution < -0.4 is 5.73 Å². The molecule has 4 aromatic heterocycles. The zero-order chi connectivity index (χ0) is 34.2. The fraction of sp³-hybridized carbons (Fsp3) is 0.577. The number of nitrogens with two attached hydrogens (primary N) is 1. The van der Waals surface area contributed by atoms with Crippen LogP contribution in [0.2, 0.25) is 0 Å². The number of aromatic nitrogens is 7. The van der Waals surface area contributed by atoms with Gasteiger partial charge in [-0.05, 0) is 43.1 Å². The van der Waals surface area contributed by atoms with Crippen LogP contribution in [0.15, 0.2) is 18.9 Å². The van der Waals surface area contributed by atoms with Gasteiger partial charge in [0, 0.05) is 11.6 Å². The van der Waals surface area contributed by atoms with Crippen LogP contribution in [0.25, 0.3) is 22.2 Å². The summed E-state index contributed by atoms with van der Waals surface area (Å²) >= 11 is 9.50. The molecule has 0 spiro atoms. The standard InChI is InChI=1S/C26H32N8O11P2S2/c27-22-17-24(32-15(6-35)31-22)34(10-30-17)26-21-18(36)13(42-26)7-40-46(38,48)44-20-14(8-41-47(39,49)45-21)43-25(19(20)37)33-5-11-3-1-2-4-12-16(11)23(33)29-9-28-12/h5,9-10,13-14,18-21,25-26,35-37H,1-4,6-8H2,(H,38,48)(H,39,49)(H2,27,31,32)/t13-,14-,18-,19-,20-,21-,25-,26-,46?,47?/m1/s1. The average molecular weight is 759 g/mol. The van der Waals surface area contributed by atoms with E-state index in [4.69, 9.17) is 45.1 Å². The third-order valence-electron chi connectivity index (χ3n) is 9.00. The molecular formula is C26H32N8O11P2S2. The molecule has 10 atom stereocenters. The summed E-state index contributed by atoms with van der Waals surface area (Å²) in [6.45, 7) is -10.0. The summed E-state index contributed by atoms with van der Waals surface area (Å²) in [5.41, 5.74) is 8.78. The molecule has 3 fully saturated rings. The number of aryl methyl sites for hydroxylation is 2. The molecule has 8 rings (SSSR count). The van der Waals surface area contributed by atoms with E-state index in [0.29, 0.717) is 5.65 Å². The molecule has 2 unspecified atom stereocenters. The van der Waals surface area contributed by atoms with E-state index in [1.165, 1.54) is 17.2 Å². The Kier molecular flexibility index (Phi) is 8.85. The van der Waals surface area contributed by atoms with Gasteiger partial charge in [-0.3, -0.25) is 18.1 Å². The molecule has 23 heteroatoms. The Hall–Kier alpha value is -2.20. The van der Waals surface area contributed by atoms with Gasteiger partial charge in [0.1, 0.15) is 60.7 Å². The molecule has 0 saturated carbocycles. The minimum atomic E-state index is -4.34. The molecule has 4 aromatic rings. The molecule has 0 aromatic carbocycles. The molecule has 6 N–H and O–H groups in total. The van der Waals surface area contributed by atoms with E-state index in [1.807, 2.05) is 6.20 Å². The van der Waals surface area contributed by atoms with Crippen LogP contribution in [0.4, 0.5) is 5.82 Å². The van der Waals surface area contributed by atoms with Gasteiger partial charge in [-0.2, -0.15) is 0 Å². The Morgan fingerprint density at radius 3 is 2.55 bits per heavy atom. The number of anilines is 1. The Morgan fingerprint density at radius 1 is 0.959 bits per heavy atom. The minimum absolute atomic E-state index is 0.00189. The van der Waals surface area contributed by atoms with Gasteiger partial charge in [0.2, 0.25) is 0 Å². The van der Waals surface area contributed by atoms with Gasteiger partial charge in [0.05, 0.1) is 25.2 Å². The van der Waals surface area contributed by atoms with Gasteiger partial charge in [0.25, 0.3) is 0 Å². The highest BCUT2D eigenvalue weighted by Gasteiger charge is 2.53. The Balaban J connectivity index is 1.11. The van der Waals surface area contributed by atoms with E-state index in [-0.39, 0.29) is 22.8 Å². The highest BCUT2D eigenvalue weighted by molar-refractivity contribution is 8.44. The number of nitrogen functional groups attached to an aromatic ring is 1.